The van der Waals surface area contributed by atoms with Crippen LogP contribution in [0.5, 0.6) is 17.2 Å². The molecule has 138 valence electrons. The minimum absolute atomic E-state index is 0.153. The summed E-state index contributed by atoms with van der Waals surface area (Å²) < 4.78 is 11.6. The number of carbonyl (C=O) groups is 2. The molecule has 0 bridgehead atoms. The molecule has 0 aliphatic heterocycles. The van der Waals surface area contributed by atoms with Crippen molar-refractivity contribution in [2.45, 2.75) is 13.2 Å². The summed E-state index contributed by atoms with van der Waals surface area (Å²) in [5.41, 5.74) is 2.14. The SMILES string of the molecule is O=CC=O.Oc1ccc(OCc2ccccc2)c(OCc2ccccc2)c1. The van der Waals surface area contributed by atoms with Gasteiger partial charge in [-0.25, -0.2) is 0 Å². The van der Waals surface area contributed by atoms with Crippen LogP contribution >= 0.6 is 0 Å². The number of hydrogen-bond donors (Lipinski definition) is 1. The zero-order valence-electron chi connectivity index (χ0n) is 14.7. The number of phenols is 1. The van der Waals surface area contributed by atoms with Crippen molar-refractivity contribution in [3.8, 4) is 17.2 Å². The van der Waals surface area contributed by atoms with E-state index in [2.05, 4.69) is 0 Å². The molecule has 0 aromatic heterocycles. The molecule has 0 radical (unpaired) electrons. The maximum absolute atomic E-state index is 9.68. The van der Waals surface area contributed by atoms with E-state index in [1.807, 2.05) is 60.7 Å². The Morgan fingerprint density at radius 3 is 1.63 bits per heavy atom. The first kappa shape index (κ1) is 19.7. The molecule has 0 unspecified atom stereocenters. The number of ether oxygens (including phenoxy) is 2. The summed E-state index contributed by atoms with van der Waals surface area (Å²) in [5, 5.41) is 9.68. The van der Waals surface area contributed by atoms with E-state index < -0.39 is 0 Å². The minimum atomic E-state index is 0.153. The van der Waals surface area contributed by atoms with Crippen molar-refractivity contribution in [3.63, 3.8) is 0 Å². The van der Waals surface area contributed by atoms with Crippen LogP contribution in [-0.4, -0.2) is 17.7 Å². The molecule has 5 nitrogen and oxygen atoms in total. The van der Waals surface area contributed by atoms with E-state index >= 15 is 0 Å². The molecule has 5 heteroatoms. The fraction of sp³-hybridized carbons (Fsp3) is 0.0909. The highest BCUT2D eigenvalue weighted by Crippen LogP contribution is 2.32. The maximum atomic E-state index is 9.68. The summed E-state index contributed by atoms with van der Waals surface area (Å²) in [6, 6.07) is 24.7. The van der Waals surface area contributed by atoms with Gasteiger partial charge in [-0.15, -0.1) is 0 Å². The number of aldehydes is 2. The van der Waals surface area contributed by atoms with Gasteiger partial charge in [0, 0.05) is 6.07 Å². The smallest absolute Gasteiger partial charge is 0.182 e. The first-order chi connectivity index (χ1) is 13.2. The standard InChI is InChI=1S/C20H18O3.C2H2O2/c21-18-11-12-19(22-14-16-7-3-1-4-8-16)20(13-18)23-15-17-9-5-2-6-10-17;3-1-2-4/h1-13,21H,14-15H2;1-2H. The van der Waals surface area contributed by atoms with Crippen molar-refractivity contribution in [3.05, 3.63) is 90.0 Å². The fourth-order valence-corrected chi connectivity index (χ4v) is 2.20. The van der Waals surface area contributed by atoms with Crippen LogP contribution in [0.3, 0.4) is 0 Å². The first-order valence-electron chi connectivity index (χ1n) is 8.28. The lowest BCUT2D eigenvalue weighted by Crippen LogP contribution is -2.00. The van der Waals surface area contributed by atoms with Crippen LogP contribution in [0.4, 0.5) is 0 Å². The van der Waals surface area contributed by atoms with Crippen LogP contribution in [0, 0.1) is 0 Å². The number of phenolic OH excluding ortho intramolecular Hbond substituents is 1. The first-order valence-corrected chi connectivity index (χ1v) is 8.28. The molecule has 0 heterocycles. The number of aromatic hydroxyl groups is 1. The van der Waals surface area contributed by atoms with Gasteiger partial charge in [-0.05, 0) is 23.3 Å². The predicted molar refractivity (Wildman–Crippen MR) is 102 cm³/mol. The van der Waals surface area contributed by atoms with E-state index in [9.17, 15) is 5.11 Å². The van der Waals surface area contributed by atoms with E-state index in [1.54, 1.807) is 18.2 Å². The number of hydrogen-bond acceptors (Lipinski definition) is 5. The molecule has 0 saturated heterocycles. The topological polar surface area (TPSA) is 72.8 Å². The Kier molecular flexibility index (Phi) is 8.11. The van der Waals surface area contributed by atoms with Gasteiger partial charge in [-0.3, -0.25) is 9.59 Å². The van der Waals surface area contributed by atoms with Crippen LogP contribution < -0.4 is 9.47 Å². The van der Waals surface area contributed by atoms with Crippen molar-refractivity contribution in [2.75, 3.05) is 0 Å². The van der Waals surface area contributed by atoms with E-state index in [0.29, 0.717) is 24.7 Å². The second-order valence-corrected chi connectivity index (χ2v) is 5.45. The second-order valence-electron chi connectivity index (χ2n) is 5.45. The summed E-state index contributed by atoms with van der Waals surface area (Å²) in [4.78, 5) is 17.6. The fourth-order valence-electron chi connectivity index (χ4n) is 2.20. The van der Waals surface area contributed by atoms with Gasteiger partial charge in [-0.2, -0.15) is 0 Å². The summed E-state index contributed by atoms with van der Waals surface area (Å²) in [6.45, 7) is 0.874. The molecule has 0 fully saturated rings. The Bertz CT molecular complexity index is 826. The largest absolute Gasteiger partial charge is 0.508 e. The highest BCUT2D eigenvalue weighted by molar-refractivity contribution is 6.09. The Balaban J connectivity index is 0.000000596. The number of benzene rings is 3. The minimum Gasteiger partial charge on any atom is -0.508 e. The van der Waals surface area contributed by atoms with E-state index in [0.717, 1.165) is 11.1 Å². The summed E-state index contributed by atoms with van der Waals surface area (Å²) >= 11 is 0. The van der Waals surface area contributed by atoms with Gasteiger partial charge in [0.25, 0.3) is 0 Å². The predicted octanol–water partition coefficient (Wildman–Crippen LogP) is 3.93. The molecule has 3 aromatic rings. The van der Waals surface area contributed by atoms with Gasteiger partial charge in [0.05, 0.1) is 0 Å². The highest BCUT2D eigenvalue weighted by Gasteiger charge is 2.07. The molecule has 0 saturated carbocycles. The van der Waals surface area contributed by atoms with Crippen LogP contribution in [0.1, 0.15) is 11.1 Å². The lowest BCUT2D eigenvalue weighted by atomic mass is 10.2. The van der Waals surface area contributed by atoms with Gasteiger partial charge in [0.2, 0.25) is 0 Å². The van der Waals surface area contributed by atoms with Gasteiger partial charge < -0.3 is 14.6 Å². The Labute approximate surface area is 157 Å². The average Bonchev–Trinajstić information content (AvgIpc) is 2.73. The van der Waals surface area contributed by atoms with E-state index in [-0.39, 0.29) is 18.3 Å². The zero-order valence-corrected chi connectivity index (χ0v) is 14.7. The van der Waals surface area contributed by atoms with Crippen LogP contribution in [0.15, 0.2) is 78.9 Å². The molecular formula is C22H20O5. The molecule has 0 atom stereocenters. The number of rotatable bonds is 7. The third-order valence-corrected chi connectivity index (χ3v) is 3.46. The van der Waals surface area contributed by atoms with Crippen molar-refractivity contribution in [1.82, 2.24) is 0 Å². The lowest BCUT2D eigenvalue weighted by molar-refractivity contribution is -0.122. The normalized spacial score (nSPS) is 9.48. The molecule has 0 aliphatic rings. The molecule has 3 aromatic carbocycles. The van der Waals surface area contributed by atoms with Gasteiger partial charge in [0.1, 0.15) is 19.0 Å². The zero-order chi connectivity index (χ0) is 19.3. The molecule has 0 amide bonds. The second kappa shape index (κ2) is 11.1. The van der Waals surface area contributed by atoms with Gasteiger partial charge >= 0.3 is 0 Å². The highest BCUT2D eigenvalue weighted by atomic mass is 16.5. The Morgan fingerprint density at radius 1 is 0.667 bits per heavy atom. The van der Waals surface area contributed by atoms with E-state index in [4.69, 9.17) is 19.1 Å². The third-order valence-electron chi connectivity index (χ3n) is 3.46. The molecule has 3 rings (SSSR count). The van der Waals surface area contributed by atoms with Crippen LogP contribution in [0.25, 0.3) is 0 Å². The molecule has 0 aliphatic carbocycles. The Hall–Kier alpha value is -3.60. The monoisotopic (exact) mass is 364 g/mol. The summed E-state index contributed by atoms with van der Waals surface area (Å²) in [6.07, 6.45) is 0.389. The molecule has 0 spiro atoms. The maximum Gasteiger partial charge on any atom is 0.182 e. The molecular weight excluding hydrogens is 344 g/mol. The number of carbonyl (C=O) groups excluding carboxylic acids is 2. The van der Waals surface area contributed by atoms with Crippen LogP contribution in [0.2, 0.25) is 0 Å². The van der Waals surface area contributed by atoms with Gasteiger partial charge in [0.15, 0.2) is 24.1 Å². The lowest BCUT2D eigenvalue weighted by Gasteiger charge is -2.13. The van der Waals surface area contributed by atoms with Crippen molar-refractivity contribution in [2.24, 2.45) is 0 Å². The van der Waals surface area contributed by atoms with Crippen molar-refractivity contribution in [1.29, 1.82) is 0 Å². The van der Waals surface area contributed by atoms with Gasteiger partial charge in [-0.1, -0.05) is 60.7 Å². The molecule has 1 N–H and O–H groups in total. The van der Waals surface area contributed by atoms with Crippen molar-refractivity contribution < 1.29 is 24.2 Å². The summed E-state index contributed by atoms with van der Waals surface area (Å²) in [7, 11) is 0. The van der Waals surface area contributed by atoms with Crippen LogP contribution in [-0.2, 0) is 22.8 Å². The molecule has 27 heavy (non-hydrogen) atoms. The average molecular weight is 364 g/mol. The summed E-state index contributed by atoms with van der Waals surface area (Å²) in [5.74, 6) is 1.30. The third kappa shape index (κ3) is 7.04. The van der Waals surface area contributed by atoms with Crippen molar-refractivity contribution >= 4 is 12.6 Å². The quantitative estimate of drug-likeness (QED) is 0.508. The van der Waals surface area contributed by atoms with E-state index in [1.165, 1.54) is 0 Å². The Morgan fingerprint density at radius 2 is 1.15 bits per heavy atom.